The highest BCUT2D eigenvalue weighted by Gasteiger charge is 2.28. The van der Waals surface area contributed by atoms with E-state index in [0.29, 0.717) is 5.16 Å². The Bertz CT molecular complexity index is 694. The monoisotopic (exact) mass is 307 g/mol. The summed E-state index contributed by atoms with van der Waals surface area (Å²) < 4.78 is 1.89. The van der Waals surface area contributed by atoms with Crippen LogP contribution < -0.4 is 5.73 Å². The molecular formula is C14H17N3O3S. The summed E-state index contributed by atoms with van der Waals surface area (Å²) in [7, 11) is 0. The molecular weight excluding hydrogens is 290 g/mol. The van der Waals surface area contributed by atoms with E-state index in [-0.39, 0.29) is 12.2 Å². The summed E-state index contributed by atoms with van der Waals surface area (Å²) in [6, 6.07) is 7.51. The first-order chi connectivity index (χ1) is 9.81. The van der Waals surface area contributed by atoms with Crippen LogP contribution in [0.3, 0.4) is 0 Å². The largest absolute Gasteiger partial charge is 0.481 e. The molecule has 6 nitrogen and oxygen atoms in total. The average molecular weight is 307 g/mol. The third-order valence-electron chi connectivity index (χ3n) is 3.07. The van der Waals surface area contributed by atoms with Gasteiger partial charge in [0.1, 0.15) is 0 Å². The molecule has 1 aromatic carbocycles. The van der Waals surface area contributed by atoms with Gasteiger partial charge >= 0.3 is 5.97 Å². The number of imidazole rings is 1. The number of carboxylic acids is 1. The first-order valence-corrected chi connectivity index (χ1v) is 7.40. The van der Waals surface area contributed by atoms with Gasteiger partial charge in [-0.15, -0.1) is 0 Å². The third-order valence-corrected chi connectivity index (χ3v) is 3.99. The highest BCUT2D eigenvalue weighted by molar-refractivity contribution is 7.99. The Hall–Kier alpha value is -2.02. The molecule has 0 radical (unpaired) electrons. The Morgan fingerprint density at radius 3 is 2.67 bits per heavy atom. The van der Waals surface area contributed by atoms with Crippen LogP contribution in [-0.2, 0) is 15.1 Å². The zero-order chi connectivity index (χ0) is 15.6. The molecule has 7 heteroatoms. The highest BCUT2D eigenvalue weighted by Crippen LogP contribution is 2.32. The van der Waals surface area contributed by atoms with Crippen LogP contribution in [0.15, 0.2) is 29.4 Å². The van der Waals surface area contributed by atoms with Crippen molar-refractivity contribution in [1.82, 2.24) is 9.55 Å². The van der Waals surface area contributed by atoms with Crippen molar-refractivity contribution in [3.05, 3.63) is 24.3 Å². The molecule has 0 spiro atoms. The van der Waals surface area contributed by atoms with Gasteiger partial charge in [0.05, 0.1) is 22.3 Å². The number of rotatable bonds is 6. The number of benzene rings is 1. The summed E-state index contributed by atoms with van der Waals surface area (Å²) >= 11 is 1.14. The Morgan fingerprint density at radius 2 is 2.05 bits per heavy atom. The fourth-order valence-corrected chi connectivity index (χ4v) is 3.21. The standard InChI is InChI=1S/C14H17N3O3S/c1-14(2,7-11(15)18)17-10-6-4-3-5-9(10)16-13(17)21-8-12(19)20/h3-6H,7-8H2,1-2H3,(H2,15,18)(H,19,20). The summed E-state index contributed by atoms with van der Waals surface area (Å²) in [5.41, 5.74) is 6.37. The topological polar surface area (TPSA) is 98.2 Å². The summed E-state index contributed by atoms with van der Waals surface area (Å²) in [5, 5.41) is 9.43. The Kier molecular flexibility index (Phi) is 4.22. The second kappa shape index (κ2) is 5.77. The van der Waals surface area contributed by atoms with Crippen LogP contribution in [0.5, 0.6) is 0 Å². The van der Waals surface area contributed by atoms with Crippen molar-refractivity contribution in [2.24, 2.45) is 5.73 Å². The van der Waals surface area contributed by atoms with Crippen LogP contribution in [0.2, 0.25) is 0 Å². The second-order valence-electron chi connectivity index (χ2n) is 5.36. The maximum Gasteiger partial charge on any atom is 0.313 e. The van der Waals surface area contributed by atoms with Crippen molar-refractivity contribution in [3.63, 3.8) is 0 Å². The maximum absolute atomic E-state index is 11.3. The number of aliphatic carboxylic acids is 1. The number of carbonyl (C=O) groups is 2. The summed E-state index contributed by atoms with van der Waals surface area (Å²) in [5.74, 6) is -1.41. The Morgan fingerprint density at radius 1 is 1.38 bits per heavy atom. The van der Waals surface area contributed by atoms with Gasteiger partial charge in [0.15, 0.2) is 5.16 Å². The zero-order valence-corrected chi connectivity index (χ0v) is 12.7. The van der Waals surface area contributed by atoms with Gasteiger partial charge in [0.25, 0.3) is 0 Å². The van der Waals surface area contributed by atoms with E-state index in [9.17, 15) is 9.59 Å². The first-order valence-electron chi connectivity index (χ1n) is 6.42. The average Bonchev–Trinajstić information content (AvgIpc) is 2.73. The summed E-state index contributed by atoms with van der Waals surface area (Å²) in [6.07, 6.45) is 0.147. The molecule has 0 fully saturated rings. The SMILES string of the molecule is CC(C)(CC(N)=O)n1c(SCC(=O)O)nc2ccccc21. The number of primary amides is 1. The number of carbonyl (C=O) groups excluding carboxylic acids is 1. The van der Waals surface area contributed by atoms with E-state index >= 15 is 0 Å². The number of para-hydroxylation sites is 2. The number of aromatic nitrogens is 2. The minimum absolute atomic E-state index is 0.0873. The van der Waals surface area contributed by atoms with Crippen LogP contribution >= 0.6 is 11.8 Å². The van der Waals surface area contributed by atoms with Crippen molar-refractivity contribution in [3.8, 4) is 0 Å². The molecule has 0 bridgehead atoms. The van der Waals surface area contributed by atoms with Gasteiger partial charge in [-0.3, -0.25) is 9.59 Å². The summed E-state index contributed by atoms with van der Waals surface area (Å²) in [6.45, 7) is 3.77. The van der Waals surface area contributed by atoms with E-state index in [1.54, 1.807) is 0 Å². The minimum Gasteiger partial charge on any atom is -0.481 e. The van der Waals surface area contributed by atoms with Crippen molar-refractivity contribution < 1.29 is 14.7 Å². The molecule has 0 saturated carbocycles. The van der Waals surface area contributed by atoms with Crippen molar-refractivity contribution >= 4 is 34.7 Å². The number of hydrogen-bond donors (Lipinski definition) is 2. The van der Waals surface area contributed by atoms with E-state index in [1.807, 2.05) is 42.7 Å². The number of thioether (sulfide) groups is 1. The molecule has 1 amide bonds. The number of hydrogen-bond acceptors (Lipinski definition) is 4. The smallest absolute Gasteiger partial charge is 0.313 e. The highest BCUT2D eigenvalue weighted by atomic mass is 32.2. The number of carboxylic acid groups (broad SMARTS) is 1. The van der Waals surface area contributed by atoms with Crippen molar-refractivity contribution in [1.29, 1.82) is 0 Å². The lowest BCUT2D eigenvalue weighted by molar-refractivity contribution is -0.134. The van der Waals surface area contributed by atoms with E-state index in [1.165, 1.54) is 0 Å². The van der Waals surface area contributed by atoms with Crippen LogP contribution in [0.1, 0.15) is 20.3 Å². The number of fused-ring (bicyclic) bond motifs is 1. The molecule has 2 aromatic rings. The molecule has 0 aliphatic heterocycles. The molecule has 0 unspecified atom stereocenters. The van der Waals surface area contributed by atoms with Gasteiger partial charge in [-0.05, 0) is 26.0 Å². The predicted octanol–water partition coefficient (Wildman–Crippen LogP) is 1.82. The molecule has 0 saturated heterocycles. The fourth-order valence-electron chi connectivity index (χ4n) is 2.32. The number of amides is 1. The van der Waals surface area contributed by atoms with E-state index in [0.717, 1.165) is 22.8 Å². The molecule has 0 aliphatic carbocycles. The first kappa shape index (κ1) is 15.4. The fraction of sp³-hybridized carbons (Fsp3) is 0.357. The van der Waals surface area contributed by atoms with Gasteiger partial charge < -0.3 is 15.4 Å². The van der Waals surface area contributed by atoms with Gasteiger partial charge in [0.2, 0.25) is 5.91 Å². The van der Waals surface area contributed by atoms with Crippen molar-refractivity contribution in [2.75, 3.05) is 5.75 Å². The normalized spacial score (nSPS) is 11.7. The zero-order valence-electron chi connectivity index (χ0n) is 11.9. The van der Waals surface area contributed by atoms with Crippen molar-refractivity contribution in [2.45, 2.75) is 31.0 Å². The Balaban J connectivity index is 2.54. The van der Waals surface area contributed by atoms with Crippen LogP contribution in [0, 0.1) is 0 Å². The van der Waals surface area contributed by atoms with E-state index < -0.39 is 17.4 Å². The van der Waals surface area contributed by atoms with E-state index in [4.69, 9.17) is 10.8 Å². The quantitative estimate of drug-likeness (QED) is 0.793. The lowest BCUT2D eigenvalue weighted by Crippen LogP contribution is -2.32. The third kappa shape index (κ3) is 3.36. The summed E-state index contributed by atoms with van der Waals surface area (Å²) in [4.78, 5) is 26.6. The van der Waals surface area contributed by atoms with Gasteiger partial charge in [-0.25, -0.2) is 4.98 Å². The predicted molar refractivity (Wildman–Crippen MR) is 81.2 cm³/mol. The number of nitrogens with zero attached hydrogens (tertiary/aromatic N) is 2. The molecule has 1 heterocycles. The minimum atomic E-state index is -0.911. The number of nitrogens with two attached hydrogens (primary N) is 1. The maximum atomic E-state index is 11.3. The molecule has 2 rings (SSSR count). The van der Waals surface area contributed by atoms with Gasteiger partial charge in [-0.2, -0.15) is 0 Å². The Labute approximate surface area is 126 Å². The lowest BCUT2D eigenvalue weighted by Gasteiger charge is -2.27. The van der Waals surface area contributed by atoms with Gasteiger partial charge in [-0.1, -0.05) is 23.9 Å². The molecule has 21 heavy (non-hydrogen) atoms. The molecule has 3 N–H and O–H groups in total. The van der Waals surface area contributed by atoms with E-state index in [2.05, 4.69) is 4.98 Å². The molecule has 1 aromatic heterocycles. The van der Waals surface area contributed by atoms with Crippen LogP contribution in [0.4, 0.5) is 0 Å². The lowest BCUT2D eigenvalue weighted by atomic mass is 10.00. The second-order valence-corrected chi connectivity index (χ2v) is 6.30. The van der Waals surface area contributed by atoms with Crippen LogP contribution in [-0.4, -0.2) is 32.3 Å². The van der Waals surface area contributed by atoms with Gasteiger partial charge in [0, 0.05) is 6.42 Å². The molecule has 112 valence electrons. The van der Waals surface area contributed by atoms with Crippen LogP contribution in [0.25, 0.3) is 11.0 Å². The molecule has 0 atom stereocenters. The molecule has 0 aliphatic rings.